The van der Waals surface area contributed by atoms with E-state index in [-0.39, 0.29) is 5.48 Å². The van der Waals surface area contributed by atoms with Crippen LogP contribution in [0.3, 0.4) is 0 Å². The molecular formula is C16H21O-. The minimum atomic E-state index is 0. The van der Waals surface area contributed by atoms with Gasteiger partial charge in [0.2, 0.25) is 0 Å². The molecule has 2 rings (SSSR count). The molecule has 0 aliphatic heterocycles. The maximum absolute atomic E-state index is 2.31. The third-order valence-corrected chi connectivity index (χ3v) is 3.22. The Morgan fingerprint density at radius 2 is 1.00 bits per heavy atom. The van der Waals surface area contributed by atoms with Gasteiger partial charge < -0.3 is 5.48 Å². The van der Waals surface area contributed by atoms with E-state index in [1.165, 1.54) is 21.9 Å². The molecule has 0 fully saturated rings. The zero-order valence-corrected chi connectivity index (χ0v) is 11.1. The molecule has 1 N–H and O–H groups in total. The van der Waals surface area contributed by atoms with Gasteiger partial charge in [0.05, 0.1) is 0 Å². The van der Waals surface area contributed by atoms with Gasteiger partial charge in [-0.3, -0.25) is 0 Å². The van der Waals surface area contributed by atoms with Crippen molar-refractivity contribution in [1.82, 2.24) is 0 Å². The molecule has 0 saturated heterocycles. The van der Waals surface area contributed by atoms with Crippen molar-refractivity contribution in [3.63, 3.8) is 0 Å². The molecule has 0 heterocycles. The van der Waals surface area contributed by atoms with Crippen LogP contribution in [0.4, 0.5) is 0 Å². The lowest BCUT2D eigenvalue weighted by Gasteiger charge is -2.10. The second kappa shape index (κ2) is 5.33. The van der Waals surface area contributed by atoms with Crippen LogP contribution >= 0.6 is 0 Å². The van der Waals surface area contributed by atoms with E-state index in [4.69, 9.17) is 0 Å². The molecule has 0 unspecified atom stereocenters. The predicted octanol–water partition coefficient (Wildman–Crippen LogP) is 4.91. The second-order valence-electron chi connectivity index (χ2n) is 5.18. The number of benzene rings is 2. The Bertz CT molecular complexity index is 451. The maximum Gasteiger partial charge on any atom is -0.0181 e. The van der Waals surface area contributed by atoms with Gasteiger partial charge in [0.1, 0.15) is 0 Å². The first kappa shape index (κ1) is 13.7. The lowest BCUT2D eigenvalue weighted by Crippen LogP contribution is -1.89. The highest BCUT2D eigenvalue weighted by atomic mass is 16.0. The maximum atomic E-state index is 2.31. The van der Waals surface area contributed by atoms with Crippen molar-refractivity contribution < 1.29 is 5.48 Å². The minimum Gasteiger partial charge on any atom is -0.870 e. The van der Waals surface area contributed by atoms with Crippen LogP contribution in [0.2, 0.25) is 0 Å². The Morgan fingerprint density at radius 1 is 0.647 bits per heavy atom. The number of rotatable bonds is 2. The van der Waals surface area contributed by atoms with E-state index in [9.17, 15) is 0 Å². The molecule has 0 bridgehead atoms. The number of fused-ring (bicyclic) bond motifs is 1. The van der Waals surface area contributed by atoms with E-state index < -0.39 is 0 Å². The molecule has 17 heavy (non-hydrogen) atoms. The highest BCUT2D eigenvalue weighted by Crippen LogP contribution is 2.24. The van der Waals surface area contributed by atoms with Crippen molar-refractivity contribution in [2.45, 2.75) is 39.5 Å². The van der Waals surface area contributed by atoms with Crippen molar-refractivity contribution in [2.75, 3.05) is 0 Å². The van der Waals surface area contributed by atoms with Gasteiger partial charge in [0.25, 0.3) is 0 Å². The summed E-state index contributed by atoms with van der Waals surface area (Å²) in [5.74, 6) is 1.21. The summed E-state index contributed by atoms with van der Waals surface area (Å²) in [4.78, 5) is 0. The average Bonchev–Trinajstić information content (AvgIpc) is 2.27. The van der Waals surface area contributed by atoms with Gasteiger partial charge >= 0.3 is 0 Å². The summed E-state index contributed by atoms with van der Waals surface area (Å²) >= 11 is 0. The van der Waals surface area contributed by atoms with Crippen LogP contribution in [0.25, 0.3) is 10.8 Å². The van der Waals surface area contributed by atoms with E-state index in [1.54, 1.807) is 0 Å². The van der Waals surface area contributed by atoms with Gasteiger partial charge in [-0.05, 0) is 33.7 Å². The molecule has 1 nitrogen and oxygen atoms in total. The lowest BCUT2D eigenvalue weighted by molar-refractivity contribution is 0.824. The Kier molecular flexibility index (Phi) is 4.30. The largest absolute Gasteiger partial charge is 0.870 e. The van der Waals surface area contributed by atoms with E-state index in [1.807, 2.05) is 0 Å². The van der Waals surface area contributed by atoms with Gasteiger partial charge in [0.15, 0.2) is 0 Å². The van der Waals surface area contributed by atoms with E-state index in [0.717, 1.165) is 0 Å². The average molecular weight is 229 g/mol. The molecule has 92 valence electrons. The third-order valence-electron chi connectivity index (χ3n) is 3.22. The molecule has 2 aromatic rings. The molecule has 0 amide bonds. The first-order valence-electron chi connectivity index (χ1n) is 6.11. The standard InChI is InChI=1S/C16H20.H2O/c1-11(2)13-5-7-16-10-14(12(3)4)6-8-15(16)9-13;/h5-12H,1-4H3;1H2/p-1. The zero-order valence-electron chi connectivity index (χ0n) is 11.1. The highest BCUT2D eigenvalue weighted by Gasteiger charge is 2.03. The van der Waals surface area contributed by atoms with Gasteiger partial charge in [0, 0.05) is 0 Å². The topological polar surface area (TPSA) is 30.0 Å². The Balaban J connectivity index is 0.00000144. The van der Waals surface area contributed by atoms with Crippen LogP contribution < -0.4 is 0 Å². The molecule has 0 radical (unpaired) electrons. The summed E-state index contributed by atoms with van der Waals surface area (Å²) in [5, 5.41) is 2.71. The van der Waals surface area contributed by atoms with Gasteiger partial charge in [-0.25, -0.2) is 0 Å². The summed E-state index contributed by atoms with van der Waals surface area (Å²) in [6.45, 7) is 8.96. The highest BCUT2D eigenvalue weighted by molar-refractivity contribution is 5.84. The third kappa shape index (κ3) is 2.86. The van der Waals surface area contributed by atoms with Gasteiger partial charge in [-0.15, -0.1) is 0 Å². The van der Waals surface area contributed by atoms with Crippen LogP contribution in [0.15, 0.2) is 36.4 Å². The van der Waals surface area contributed by atoms with E-state index in [2.05, 4.69) is 64.1 Å². The van der Waals surface area contributed by atoms with E-state index >= 15 is 0 Å². The molecule has 2 aromatic carbocycles. The SMILES string of the molecule is CC(C)c1ccc2cc(C(C)C)ccc2c1.[OH-]. The molecular weight excluding hydrogens is 208 g/mol. The fourth-order valence-electron chi connectivity index (χ4n) is 2.00. The van der Waals surface area contributed by atoms with Crippen LogP contribution in [0.1, 0.15) is 50.7 Å². The van der Waals surface area contributed by atoms with Crippen molar-refractivity contribution in [2.24, 2.45) is 0 Å². The van der Waals surface area contributed by atoms with Gasteiger partial charge in [-0.2, -0.15) is 0 Å². The zero-order chi connectivity index (χ0) is 11.7. The molecule has 0 saturated carbocycles. The summed E-state index contributed by atoms with van der Waals surface area (Å²) in [5.41, 5.74) is 2.84. The fraction of sp³-hybridized carbons (Fsp3) is 0.375. The van der Waals surface area contributed by atoms with Crippen LogP contribution in [0.5, 0.6) is 0 Å². The molecule has 1 heteroatoms. The summed E-state index contributed by atoms with van der Waals surface area (Å²) in [6.07, 6.45) is 0. The smallest absolute Gasteiger partial charge is 0.0181 e. The fourth-order valence-corrected chi connectivity index (χ4v) is 2.00. The summed E-state index contributed by atoms with van der Waals surface area (Å²) < 4.78 is 0. The van der Waals surface area contributed by atoms with Gasteiger partial charge in [-0.1, -0.05) is 64.1 Å². The summed E-state index contributed by atoms with van der Waals surface area (Å²) in [7, 11) is 0. The molecule has 0 aromatic heterocycles. The van der Waals surface area contributed by atoms with E-state index in [0.29, 0.717) is 11.8 Å². The molecule has 0 aliphatic carbocycles. The van der Waals surface area contributed by atoms with Crippen LogP contribution in [-0.4, -0.2) is 5.48 Å². The first-order chi connectivity index (χ1) is 7.58. The molecule has 0 aliphatic rings. The monoisotopic (exact) mass is 229 g/mol. The quantitative estimate of drug-likeness (QED) is 0.719. The van der Waals surface area contributed by atoms with Crippen molar-refractivity contribution in [3.05, 3.63) is 47.5 Å². The summed E-state index contributed by atoms with van der Waals surface area (Å²) in [6, 6.07) is 13.6. The molecule has 0 spiro atoms. The first-order valence-corrected chi connectivity index (χ1v) is 6.11. The Hall–Kier alpha value is -1.34. The second-order valence-corrected chi connectivity index (χ2v) is 5.18. The van der Waals surface area contributed by atoms with Crippen molar-refractivity contribution in [1.29, 1.82) is 0 Å². The predicted molar refractivity (Wildman–Crippen MR) is 74.1 cm³/mol. The Morgan fingerprint density at radius 3 is 1.29 bits per heavy atom. The molecule has 0 atom stereocenters. The van der Waals surface area contributed by atoms with Crippen LogP contribution in [0, 0.1) is 0 Å². The van der Waals surface area contributed by atoms with Crippen molar-refractivity contribution in [3.8, 4) is 0 Å². The lowest BCUT2D eigenvalue weighted by atomic mass is 9.96. The normalized spacial score (nSPS) is 10.9. The minimum absolute atomic E-state index is 0. The van der Waals surface area contributed by atoms with Crippen molar-refractivity contribution >= 4 is 10.8 Å². The number of hydrogen-bond acceptors (Lipinski definition) is 1. The van der Waals surface area contributed by atoms with Crippen LogP contribution in [-0.2, 0) is 0 Å². The number of hydrogen-bond donors (Lipinski definition) is 0. The Labute approximate surface area is 104 Å².